The molecule has 0 bridgehead atoms. The molecular formula is C17H29NO8Si. The Hall–Kier alpha value is -1.72. The molecule has 0 aromatic heterocycles. The topological polar surface area (TPSA) is 98.5 Å². The van der Waals surface area contributed by atoms with E-state index in [0.29, 0.717) is 36.3 Å². The minimum absolute atomic E-state index is 0.0520. The molecule has 27 heavy (non-hydrogen) atoms. The molecule has 0 N–H and O–H groups in total. The van der Waals surface area contributed by atoms with E-state index in [9.17, 15) is 10.1 Å². The smallest absolute Gasteiger partial charge is 0.493 e. The molecule has 0 fully saturated rings. The zero-order valence-corrected chi connectivity index (χ0v) is 17.6. The molecule has 0 unspecified atom stereocenters. The van der Waals surface area contributed by atoms with Crippen LogP contribution in [-0.2, 0) is 24.6 Å². The number of unbranched alkanes of at least 4 members (excludes halogenated alkanes) is 1. The van der Waals surface area contributed by atoms with Crippen LogP contribution in [0.5, 0.6) is 11.5 Å². The second kappa shape index (κ2) is 11.9. The minimum Gasteiger partial charge on any atom is -0.493 e. The van der Waals surface area contributed by atoms with Gasteiger partial charge in [-0.1, -0.05) is 0 Å². The Morgan fingerprint density at radius 3 is 2.22 bits per heavy atom. The molecule has 0 aliphatic carbocycles. The van der Waals surface area contributed by atoms with Crippen molar-refractivity contribution in [2.45, 2.75) is 32.4 Å². The molecule has 1 aromatic carbocycles. The van der Waals surface area contributed by atoms with Gasteiger partial charge < -0.3 is 27.5 Å². The highest BCUT2D eigenvalue weighted by Gasteiger charge is 2.36. The van der Waals surface area contributed by atoms with Crippen molar-refractivity contribution < 1.29 is 32.4 Å². The molecule has 154 valence electrons. The van der Waals surface area contributed by atoms with E-state index in [1.54, 1.807) is 34.3 Å². The quantitative estimate of drug-likeness (QED) is 0.202. The number of ether oxygens (including phenoxy) is 3. The molecule has 0 saturated carbocycles. The summed E-state index contributed by atoms with van der Waals surface area (Å²) < 4.78 is 32.4. The highest BCUT2D eigenvalue weighted by atomic mass is 28.4. The Kier molecular flexibility index (Phi) is 10.3. The van der Waals surface area contributed by atoms with E-state index in [2.05, 4.69) is 0 Å². The van der Waals surface area contributed by atoms with Gasteiger partial charge in [-0.05, 0) is 25.8 Å². The highest BCUT2D eigenvalue weighted by molar-refractivity contribution is 6.60. The van der Waals surface area contributed by atoms with Crippen molar-refractivity contribution >= 4 is 14.5 Å². The minimum atomic E-state index is -2.57. The lowest BCUT2D eigenvalue weighted by atomic mass is 10.1. The van der Waals surface area contributed by atoms with Gasteiger partial charge in [-0.2, -0.15) is 0 Å². The molecule has 0 saturated heterocycles. The molecule has 0 amide bonds. The van der Waals surface area contributed by atoms with Crippen LogP contribution in [0.25, 0.3) is 0 Å². The van der Waals surface area contributed by atoms with Crippen LogP contribution < -0.4 is 9.47 Å². The molecule has 0 spiro atoms. The second-order valence-electron chi connectivity index (χ2n) is 5.63. The maximum atomic E-state index is 11.3. The van der Waals surface area contributed by atoms with E-state index in [4.69, 9.17) is 27.5 Å². The maximum Gasteiger partial charge on any atom is 0.500 e. The number of hydrogen-bond donors (Lipinski definition) is 0. The van der Waals surface area contributed by atoms with Crippen LogP contribution in [0.15, 0.2) is 12.1 Å². The summed E-state index contributed by atoms with van der Waals surface area (Å²) in [4.78, 5) is 10.9. The van der Waals surface area contributed by atoms with Crippen LogP contribution in [0.1, 0.15) is 25.3 Å². The normalized spacial score (nSPS) is 11.4. The van der Waals surface area contributed by atoms with Crippen molar-refractivity contribution in [2.24, 2.45) is 0 Å². The largest absolute Gasteiger partial charge is 0.500 e. The van der Waals surface area contributed by atoms with E-state index in [0.717, 1.165) is 12.8 Å². The van der Waals surface area contributed by atoms with Crippen LogP contribution >= 0.6 is 0 Å². The monoisotopic (exact) mass is 403 g/mol. The summed E-state index contributed by atoms with van der Waals surface area (Å²) in [6.07, 6.45) is 1.56. The number of nitro groups is 1. The van der Waals surface area contributed by atoms with Gasteiger partial charge in [0.2, 0.25) is 0 Å². The third kappa shape index (κ3) is 6.74. The van der Waals surface area contributed by atoms with E-state index >= 15 is 0 Å². The Labute approximate surface area is 161 Å². The number of rotatable bonds is 14. The van der Waals surface area contributed by atoms with Crippen molar-refractivity contribution in [3.05, 3.63) is 27.8 Å². The van der Waals surface area contributed by atoms with Crippen LogP contribution in [0.3, 0.4) is 0 Å². The van der Waals surface area contributed by atoms with Gasteiger partial charge in [-0.25, -0.2) is 0 Å². The fourth-order valence-electron chi connectivity index (χ4n) is 2.59. The third-order valence-corrected chi connectivity index (χ3v) is 6.91. The number of benzene rings is 1. The summed E-state index contributed by atoms with van der Waals surface area (Å²) in [5, 5.41) is 11.3. The van der Waals surface area contributed by atoms with Gasteiger partial charge in [0, 0.05) is 34.0 Å². The first-order chi connectivity index (χ1) is 13.0. The summed E-state index contributed by atoms with van der Waals surface area (Å²) in [5.41, 5.74) is 0.388. The Morgan fingerprint density at radius 1 is 1.04 bits per heavy atom. The van der Waals surface area contributed by atoms with Gasteiger partial charge >= 0.3 is 8.80 Å². The maximum absolute atomic E-state index is 11.3. The molecule has 1 aromatic rings. The molecule has 0 atom stereocenters. The summed E-state index contributed by atoms with van der Waals surface area (Å²) in [7, 11) is 3.66. The fraction of sp³-hybridized carbons (Fsp3) is 0.647. The first-order valence-electron chi connectivity index (χ1n) is 8.68. The SMILES string of the molecule is CCOc1cc([N+](=O)[O-])c(COCCCC[Si](OC)(OC)OC)cc1OC. The molecule has 0 aliphatic heterocycles. The van der Waals surface area contributed by atoms with Crippen molar-refractivity contribution in [3.63, 3.8) is 0 Å². The van der Waals surface area contributed by atoms with Crippen LogP contribution in [0.4, 0.5) is 5.69 Å². The van der Waals surface area contributed by atoms with Gasteiger partial charge in [0.25, 0.3) is 5.69 Å². The summed E-state index contributed by atoms with van der Waals surface area (Å²) in [5.74, 6) is 0.785. The van der Waals surface area contributed by atoms with Gasteiger partial charge in [-0.15, -0.1) is 0 Å². The predicted molar refractivity (Wildman–Crippen MR) is 101 cm³/mol. The van der Waals surface area contributed by atoms with Crippen LogP contribution in [-0.4, -0.2) is 55.4 Å². The van der Waals surface area contributed by atoms with E-state index in [-0.39, 0.29) is 12.3 Å². The third-order valence-electron chi connectivity index (χ3n) is 4.07. The lowest BCUT2D eigenvalue weighted by Gasteiger charge is -2.24. The molecule has 0 heterocycles. The number of hydrogen-bond acceptors (Lipinski definition) is 8. The lowest BCUT2D eigenvalue weighted by molar-refractivity contribution is -0.386. The van der Waals surface area contributed by atoms with Crippen molar-refractivity contribution in [1.82, 2.24) is 0 Å². The average Bonchev–Trinajstić information content (AvgIpc) is 2.68. The van der Waals surface area contributed by atoms with Crippen molar-refractivity contribution in [1.29, 1.82) is 0 Å². The molecule has 1 rings (SSSR count). The number of nitrogens with zero attached hydrogens (tertiary/aromatic N) is 1. The van der Waals surface area contributed by atoms with E-state index in [1.165, 1.54) is 13.2 Å². The number of nitro benzene ring substituents is 1. The molecule has 0 radical (unpaired) electrons. The Morgan fingerprint density at radius 2 is 1.70 bits per heavy atom. The fourth-order valence-corrected chi connectivity index (χ4v) is 4.38. The lowest BCUT2D eigenvalue weighted by Crippen LogP contribution is -2.42. The summed E-state index contributed by atoms with van der Waals surface area (Å²) in [6, 6.07) is 3.63. The highest BCUT2D eigenvalue weighted by Crippen LogP contribution is 2.35. The predicted octanol–water partition coefficient (Wildman–Crippen LogP) is 3.18. The molecular weight excluding hydrogens is 374 g/mol. The number of methoxy groups -OCH3 is 1. The molecule has 0 aliphatic rings. The molecule has 10 heteroatoms. The average molecular weight is 404 g/mol. The first-order valence-corrected chi connectivity index (χ1v) is 10.6. The van der Waals surface area contributed by atoms with Crippen molar-refractivity contribution in [2.75, 3.05) is 41.7 Å². The van der Waals surface area contributed by atoms with Gasteiger partial charge in [0.05, 0.1) is 36.9 Å². The summed E-state index contributed by atoms with van der Waals surface area (Å²) >= 11 is 0. The van der Waals surface area contributed by atoms with Crippen LogP contribution in [0.2, 0.25) is 6.04 Å². The van der Waals surface area contributed by atoms with Gasteiger partial charge in [-0.3, -0.25) is 10.1 Å². The Balaban J connectivity index is 2.62. The zero-order valence-electron chi connectivity index (χ0n) is 16.6. The van der Waals surface area contributed by atoms with Gasteiger partial charge in [0.15, 0.2) is 11.5 Å². The second-order valence-corrected chi connectivity index (χ2v) is 8.72. The van der Waals surface area contributed by atoms with Gasteiger partial charge in [0.1, 0.15) is 0 Å². The standard InChI is InChI=1S/C17H29NO8Si/c1-6-26-17-12-15(18(19)20)14(11-16(17)21-2)13-25-9-7-8-10-27(22-3,23-4)24-5/h11-12H,6-10,13H2,1-5H3. The van der Waals surface area contributed by atoms with E-state index in [1.807, 2.05) is 0 Å². The molecule has 9 nitrogen and oxygen atoms in total. The first kappa shape index (κ1) is 23.3. The Bertz CT molecular complexity index is 586. The summed E-state index contributed by atoms with van der Waals surface area (Å²) in [6.45, 7) is 2.75. The zero-order chi connectivity index (χ0) is 20.3. The van der Waals surface area contributed by atoms with E-state index < -0.39 is 13.7 Å². The van der Waals surface area contributed by atoms with Crippen molar-refractivity contribution in [3.8, 4) is 11.5 Å². The van der Waals surface area contributed by atoms with Crippen LogP contribution in [0, 0.1) is 10.1 Å².